The molecule has 0 spiro atoms. The van der Waals surface area contributed by atoms with E-state index in [1.54, 1.807) is 0 Å². The Kier molecular flexibility index (Phi) is 5.12. The number of rotatable bonds is 4. The Bertz CT molecular complexity index is 138. The average molecular weight is 204 g/mol. The number of piperidine rings is 1. The van der Waals surface area contributed by atoms with E-state index in [-0.39, 0.29) is 0 Å². The van der Waals surface area contributed by atoms with Crippen molar-refractivity contribution >= 4 is 11.6 Å². The molecule has 0 amide bonds. The molecule has 1 rings (SSSR count). The van der Waals surface area contributed by atoms with Gasteiger partial charge in [-0.2, -0.15) is 0 Å². The molecule has 0 N–H and O–H groups in total. The number of nitrogens with zero attached hydrogens (tertiary/aromatic N) is 1. The monoisotopic (exact) mass is 203 g/mol. The van der Waals surface area contributed by atoms with E-state index in [2.05, 4.69) is 18.7 Å². The molecule has 78 valence electrons. The zero-order chi connectivity index (χ0) is 9.68. The summed E-state index contributed by atoms with van der Waals surface area (Å²) in [6, 6.07) is 0.791. The van der Waals surface area contributed by atoms with Gasteiger partial charge in [0.05, 0.1) is 0 Å². The highest BCUT2D eigenvalue weighted by atomic mass is 35.5. The summed E-state index contributed by atoms with van der Waals surface area (Å²) >= 11 is 5.66. The summed E-state index contributed by atoms with van der Waals surface area (Å²) in [7, 11) is 0. The van der Waals surface area contributed by atoms with Crippen LogP contribution in [0.5, 0.6) is 0 Å². The first-order valence-corrected chi connectivity index (χ1v) is 6.07. The number of alkyl halides is 1. The minimum absolute atomic E-state index is 0.791. The zero-order valence-electron chi connectivity index (χ0n) is 8.93. The molecule has 13 heavy (non-hydrogen) atoms. The lowest BCUT2D eigenvalue weighted by Gasteiger charge is -2.36. The third kappa shape index (κ3) is 3.86. The maximum atomic E-state index is 5.66. The Morgan fingerprint density at radius 3 is 2.69 bits per heavy atom. The molecular formula is C11H22ClN. The molecule has 2 atom stereocenters. The van der Waals surface area contributed by atoms with Gasteiger partial charge in [0.25, 0.3) is 0 Å². The fraction of sp³-hybridized carbons (Fsp3) is 1.00. The molecule has 1 heterocycles. The summed E-state index contributed by atoms with van der Waals surface area (Å²) in [5.74, 6) is 1.75. The smallest absolute Gasteiger partial charge is 0.0223 e. The second-order valence-corrected chi connectivity index (χ2v) is 4.79. The van der Waals surface area contributed by atoms with Crippen LogP contribution in [0.4, 0.5) is 0 Å². The number of unbranched alkanes of at least 4 members (excludes halogenated alkanes) is 1. The molecule has 0 bridgehead atoms. The number of hydrogen-bond donors (Lipinski definition) is 0. The van der Waals surface area contributed by atoms with Crippen LogP contribution < -0.4 is 0 Å². The van der Waals surface area contributed by atoms with Gasteiger partial charge in [0, 0.05) is 11.9 Å². The fourth-order valence-electron chi connectivity index (χ4n) is 2.20. The van der Waals surface area contributed by atoms with Crippen LogP contribution in [0.3, 0.4) is 0 Å². The molecule has 0 aromatic heterocycles. The highest BCUT2D eigenvalue weighted by molar-refractivity contribution is 6.17. The molecule has 1 aliphatic rings. The first-order valence-electron chi connectivity index (χ1n) is 5.54. The molecule has 1 fully saturated rings. The van der Waals surface area contributed by atoms with Crippen LogP contribution in [0.2, 0.25) is 0 Å². The minimum Gasteiger partial charge on any atom is -0.301 e. The molecule has 0 aliphatic carbocycles. The number of likely N-dealkylation sites (tertiary alicyclic amines) is 1. The van der Waals surface area contributed by atoms with Gasteiger partial charge in [-0.15, -0.1) is 11.6 Å². The van der Waals surface area contributed by atoms with Gasteiger partial charge in [0.1, 0.15) is 0 Å². The first kappa shape index (κ1) is 11.3. The van der Waals surface area contributed by atoms with Gasteiger partial charge in [-0.3, -0.25) is 0 Å². The Morgan fingerprint density at radius 2 is 2.08 bits per heavy atom. The highest BCUT2D eigenvalue weighted by Crippen LogP contribution is 2.22. The molecule has 1 saturated heterocycles. The maximum Gasteiger partial charge on any atom is 0.0223 e. The van der Waals surface area contributed by atoms with Gasteiger partial charge in [-0.1, -0.05) is 6.92 Å². The highest BCUT2D eigenvalue weighted by Gasteiger charge is 2.21. The lowest BCUT2D eigenvalue weighted by Crippen LogP contribution is -2.40. The number of hydrogen-bond acceptors (Lipinski definition) is 1. The van der Waals surface area contributed by atoms with Gasteiger partial charge in [0.2, 0.25) is 0 Å². The van der Waals surface area contributed by atoms with E-state index in [0.29, 0.717) is 0 Å². The van der Waals surface area contributed by atoms with E-state index in [0.717, 1.165) is 17.8 Å². The van der Waals surface area contributed by atoms with Crippen LogP contribution in [0.15, 0.2) is 0 Å². The molecular weight excluding hydrogens is 182 g/mol. The third-order valence-electron chi connectivity index (χ3n) is 3.10. The molecule has 1 aliphatic heterocycles. The third-order valence-corrected chi connectivity index (χ3v) is 3.37. The van der Waals surface area contributed by atoms with E-state index in [1.807, 2.05) is 0 Å². The van der Waals surface area contributed by atoms with Crippen molar-refractivity contribution in [2.24, 2.45) is 5.92 Å². The SMILES string of the molecule is CC1CCN(CCCCCl)C(C)C1. The second kappa shape index (κ2) is 5.87. The van der Waals surface area contributed by atoms with E-state index in [1.165, 1.54) is 38.8 Å². The topological polar surface area (TPSA) is 3.24 Å². The van der Waals surface area contributed by atoms with Crippen molar-refractivity contribution in [3.05, 3.63) is 0 Å². The summed E-state index contributed by atoms with van der Waals surface area (Å²) in [5.41, 5.74) is 0. The van der Waals surface area contributed by atoms with Crippen LogP contribution in [-0.2, 0) is 0 Å². The van der Waals surface area contributed by atoms with E-state index in [4.69, 9.17) is 11.6 Å². The maximum absolute atomic E-state index is 5.66. The van der Waals surface area contributed by atoms with Crippen molar-refractivity contribution in [2.45, 2.75) is 45.6 Å². The summed E-state index contributed by atoms with van der Waals surface area (Å²) < 4.78 is 0. The summed E-state index contributed by atoms with van der Waals surface area (Å²) in [6.07, 6.45) is 5.19. The molecule has 1 nitrogen and oxygen atoms in total. The largest absolute Gasteiger partial charge is 0.301 e. The molecule has 0 aromatic carbocycles. The Labute approximate surface area is 87.4 Å². The summed E-state index contributed by atoms with van der Waals surface area (Å²) in [5, 5.41) is 0. The van der Waals surface area contributed by atoms with Crippen LogP contribution in [0.25, 0.3) is 0 Å². The van der Waals surface area contributed by atoms with Crippen LogP contribution >= 0.6 is 11.6 Å². The zero-order valence-corrected chi connectivity index (χ0v) is 9.69. The summed E-state index contributed by atoms with van der Waals surface area (Å²) in [4.78, 5) is 2.62. The molecule has 0 saturated carbocycles. The predicted molar refractivity (Wildman–Crippen MR) is 59.4 cm³/mol. The molecule has 0 radical (unpaired) electrons. The van der Waals surface area contributed by atoms with E-state index < -0.39 is 0 Å². The summed E-state index contributed by atoms with van der Waals surface area (Å²) in [6.45, 7) is 7.27. The number of halogens is 1. The molecule has 2 unspecified atom stereocenters. The normalized spacial score (nSPS) is 30.7. The molecule has 0 aromatic rings. The van der Waals surface area contributed by atoms with Gasteiger partial charge in [0.15, 0.2) is 0 Å². The van der Waals surface area contributed by atoms with Crippen LogP contribution in [0.1, 0.15) is 39.5 Å². The first-order chi connectivity index (χ1) is 6.24. The lowest BCUT2D eigenvalue weighted by atomic mass is 9.93. The van der Waals surface area contributed by atoms with Crippen molar-refractivity contribution < 1.29 is 0 Å². The quantitative estimate of drug-likeness (QED) is 0.501. The van der Waals surface area contributed by atoms with Gasteiger partial charge >= 0.3 is 0 Å². The van der Waals surface area contributed by atoms with Crippen molar-refractivity contribution in [1.82, 2.24) is 4.90 Å². The minimum atomic E-state index is 0.791. The fourth-order valence-corrected chi connectivity index (χ4v) is 2.39. The van der Waals surface area contributed by atoms with Gasteiger partial charge in [-0.05, 0) is 51.6 Å². The van der Waals surface area contributed by atoms with Crippen molar-refractivity contribution in [1.29, 1.82) is 0 Å². The standard InChI is InChI=1S/C11H22ClN/c1-10-5-8-13(11(2)9-10)7-4-3-6-12/h10-11H,3-9H2,1-2H3. The Morgan fingerprint density at radius 1 is 1.31 bits per heavy atom. The van der Waals surface area contributed by atoms with E-state index >= 15 is 0 Å². The van der Waals surface area contributed by atoms with E-state index in [9.17, 15) is 0 Å². The van der Waals surface area contributed by atoms with Gasteiger partial charge < -0.3 is 4.90 Å². The van der Waals surface area contributed by atoms with Crippen LogP contribution in [-0.4, -0.2) is 29.9 Å². The Hall–Kier alpha value is 0.250. The van der Waals surface area contributed by atoms with Crippen LogP contribution in [0, 0.1) is 5.92 Å². The average Bonchev–Trinajstić information content (AvgIpc) is 2.09. The van der Waals surface area contributed by atoms with Crippen molar-refractivity contribution in [3.8, 4) is 0 Å². The predicted octanol–water partition coefficient (Wildman–Crippen LogP) is 3.13. The van der Waals surface area contributed by atoms with Gasteiger partial charge in [-0.25, -0.2) is 0 Å². The molecule has 2 heteroatoms. The lowest BCUT2D eigenvalue weighted by molar-refractivity contribution is 0.128. The second-order valence-electron chi connectivity index (χ2n) is 4.41. The Balaban J connectivity index is 2.18. The van der Waals surface area contributed by atoms with Crippen molar-refractivity contribution in [2.75, 3.05) is 19.0 Å². The van der Waals surface area contributed by atoms with Crippen molar-refractivity contribution in [3.63, 3.8) is 0 Å².